The van der Waals surface area contributed by atoms with E-state index in [1.54, 1.807) is 0 Å². The van der Waals surface area contributed by atoms with Crippen LogP contribution in [0.25, 0.3) is 0 Å². The molecule has 3 fully saturated rings. The van der Waals surface area contributed by atoms with Gasteiger partial charge in [-0.1, -0.05) is 20.3 Å². The van der Waals surface area contributed by atoms with Gasteiger partial charge >= 0.3 is 0 Å². The zero-order valence-corrected chi connectivity index (χ0v) is 14.1. The number of carbonyl (C=O) groups excluding carboxylic acids is 1. The van der Waals surface area contributed by atoms with Crippen molar-refractivity contribution >= 4 is 17.4 Å². The molecule has 0 aromatic carbocycles. The van der Waals surface area contributed by atoms with Crippen LogP contribution in [0.15, 0.2) is 11.6 Å². The van der Waals surface area contributed by atoms with Gasteiger partial charge in [0, 0.05) is 6.42 Å². The van der Waals surface area contributed by atoms with E-state index in [9.17, 15) is 4.79 Å². The third-order valence-corrected chi connectivity index (χ3v) is 8.13. The molecule has 3 saturated carbocycles. The third kappa shape index (κ3) is 1.92. The van der Waals surface area contributed by atoms with E-state index in [1.165, 1.54) is 37.7 Å². The Balaban J connectivity index is 1.73. The molecule has 4 aliphatic rings. The molecule has 0 aliphatic heterocycles. The van der Waals surface area contributed by atoms with Crippen molar-refractivity contribution in [2.45, 2.75) is 70.6 Å². The number of hydrogen-bond acceptors (Lipinski definition) is 1. The fraction of sp³-hybridized carbons (Fsp3) is 0.842. The Labute approximate surface area is 133 Å². The maximum Gasteiger partial charge on any atom is 0.155 e. The van der Waals surface area contributed by atoms with Gasteiger partial charge in [-0.2, -0.15) is 0 Å². The molecule has 2 heteroatoms. The van der Waals surface area contributed by atoms with Crippen LogP contribution in [0.1, 0.15) is 65.2 Å². The molecule has 4 rings (SSSR count). The van der Waals surface area contributed by atoms with Gasteiger partial charge in [0.15, 0.2) is 5.78 Å². The Morgan fingerprint density at radius 3 is 2.76 bits per heavy atom. The molecule has 0 heterocycles. The Hall–Kier alpha value is -0.300. The lowest BCUT2D eigenvalue weighted by Gasteiger charge is -2.58. The summed E-state index contributed by atoms with van der Waals surface area (Å²) in [5, 5.41) is 0.100. The maximum absolute atomic E-state index is 11.9. The van der Waals surface area contributed by atoms with Crippen molar-refractivity contribution < 1.29 is 4.79 Å². The molecule has 0 radical (unpaired) electrons. The number of alkyl halides is 1. The molecule has 6 atom stereocenters. The highest BCUT2D eigenvalue weighted by molar-refractivity contribution is 6.23. The fourth-order valence-corrected chi connectivity index (χ4v) is 7.07. The quantitative estimate of drug-likeness (QED) is 0.567. The standard InChI is InChI=1S/C19H27ClO/c1-18-7-3-4-14(18)13-11-17(20)16-10-12(21)5-9-19(16,2)15(13)6-8-18/h10,13-15,17H,3-9,11H2,1-2H3/t13-,14-,15-,17-,18-,19+/m0/s1. The van der Waals surface area contributed by atoms with Crippen LogP contribution in [-0.2, 0) is 4.79 Å². The molecule has 0 unspecified atom stereocenters. The lowest BCUT2D eigenvalue weighted by Crippen LogP contribution is -2.52. The van der Waals surface area contributed by atoms with Gasteiger partial charge in [0.25, 0.3) is 0 Å². The van der Waals surface area contributed by atoms with Gasteiger partial charge in [0.2, 0.25) is 0 Å². The second-order valence-electron chi connectivity index (χ2n) is 8.65. The van der Waals surface area contributed by atoms with E-state index in [-0.39, 0.29) is 10.8 Å². The summed E-state index contributed by atoms with van der Waals surface area (Å²) in [7, 11) is 0. The van der Waals surface area contributed by atoms with Gasteiger partial charge in [-0.05, 0) is 78.8 Å². The van der Waals surface area contributed by atoms with Crippen LogP contribution in [0.4, 0.5) is 0 Å². The first-order valence-electron chi connectivity index (χ1n) is 8.83. The van der Waals surface area contributed by atoms with Gasteiger partial charge < -0.3 is 0 Å². The molecular formula is C19H27ClO. The van der Waals surface area contributed by atoms with Crippen LogP contribution in [-0.4, -0.2) is 11.2 Å². The van der Waals surface area contributed by atoms with E-state index < -0.39 is 0 Å². The van der Waals surface area contributed by atoms with Crippen molar-refractivity contribution in [3.8, 4) is 0 Å². The van der Waals surface area contributed by atoms with Crippen molar-refractivity contribution in [2.24, 2.45) is 28.6 Å². The summed E-state index contributed by atoms with van der Waals surface area (Å²) in [6.07, 6.45) is 11.8. The van der Waals surface area contributed by atoms with Crippen LogP contribution < -0.4 is 0 Å². The van der Waals surface area contributed by atoms with Crippen LogP contribution in [0, 0.1) is 28.6 Å². The minimum Gasteiger partial charge on any atom is -0.295 e. The Morgan fingerprint density at radius 1 is 1.14 bits per heavy atom. The van der Waals surface area contributed by atoms with Gasteiger partial charge in [0.05, 0.1) is 5.38 Å². The summed E-state index contributed by atoms with van der Waals surface area (Å²) in [4.78, 5) is 11.9. The lowest BCUT2D eigenvalue weighted by atomic mass is 9.47. The number of fused-ring (bicyclic) bond motifs is 5. The van der Waals surface area contributed by atoms with Crippen LogP contribution >= 0.6 is 11.6 Å². The number of allylic oxidation sites excluding steroid dienone is 1. The predicted molar refractivity (Wildman–Crippen MR) is 86.4 cm³/mol. The van der Waals surface area contributed by atoms with Crippen molar-refractivity contribution in [3.05, 3.63) is 11.6 Å². The average molecular weight is 307 g/mol. The molecule has 1 nitrogen and oxygen atoms in total. The molecule has 21 heavy (non-hydrogen) atoms. The topological polar surface area (TPSA) is 17.1 Å². The highest BCUT2D eigenvalue weighted by Gasteiger charge is 2.57. The second kappa shape index (κ2) is 4.60. The van der Waals surface area contributed by atoms with Crippen molar-refractivity contribution in [1.82, 2.24) is 0 Å². The summed E-state index contributed by atoms with van der Waals surface area (Å²) >= 11 is 6.78. The van der Waals surface area contributed by atoms with E-state index in [0.717, 1.165) is 37.0 Å². The number of halogens is 1. The fourth-order valence-electron chi connectivity index (χ4n) is 6.55. The number of ketones is 1. The monoisotopic (exact) mass is 306 g/mol. The summed E-state index contributed by atoms with van der Waals surface area (Å²) in [6.45, 7) is 4.94. The van der Waals surface area contributed by atoms with E-state index in [2.05, 4.69) is 13.8 Å². The largest absolute Gasteiger partial charge is 0.295 e. The summed E-state index contributed by atoms with van der Waals surface area (Å²) < 4.78 is 0. The molecule has 0 aromatic rings. The number of rotatable bonds is 0. The number of hydrogen-bond donors (Lipinski definition) is 0. The van der Waals surface area contributed by atoms with Crippen LogP contribution in [0.3, 0.4) is 0 Å². The molecule has 0 amide bonds. The molecule has 116 valence electrons. The highest BCUT2D eigenvalue weighted by atomic mass is 35.5. The predicted octanol–water partition coefficient (Wildman–Crippen LogP) is 5.13. The van der Waals surface area contributed by atoms with E-state index in [4.69, 9.17) is 11.6 Å². The summed E-state index contributed by atoms with van der Waals surface area (Å²) in [5.41, 5.74) is 2.07. The molecule has 0 N–H and O–H groups in total. The van der Waals surface area contributed by atoms with Gasteiger partial charge in [-0.3, -0.25) is 4.79 Å². The molecule has 0 saturated heterocycles. The molecule has 0 aromatic heterocycles. The third-order valence-electron chi connectivity index (χ3n) is 7.72. The van der Waals surface area contributed by atoms with E-state index >= 15 is 0 Å². The number of carbonyl (C=O) groups is 1. The summed E-state index contributed by atoms with van der Waals surface area (Å²) in [6, 6.07) is 0. The minimum atomic E-state index is 0.100. The highest BCUT2D eigenvalue weighted by Crippen LogP contribution is 2.65. The zero-order chi connectivity index (χ0) is 14.8. The average Bonchev–Trinajstić information content (AvgIpc) is 2.83. The van der Waals surface area contributed by atoms with E-state index in [1.807, 2.05) is 6.08 Å². The normalized spacial score (nSPS) is 52.7. The van der Waals surface area contributed by atoms with Crippen molar-refractivity contribution in [3.63, 3.8) is 0 Å². The zero-order valence-electron chi connectivity index (χ0n) is 13.3. The Kier molecular flexibility index (Phi) is 3.13. The molecule has 0 spiro atoms. The van der Waals surface area contributed by atoms with Gasteiger partial charge in [-0.15, -0.1) is 11.6 Å². The van der Waals surface area contributed by atoms with Crippen molar-refractivity contribution in [1.29, 1.82) is 0 Å². The first-order chi connectivity index (χ1) is 9.94. The van der Waals surface area contributed by atoms with E-state index in [0.29, 0.717) is 11.2 Å². The van der Waals surface area contributed by atoms with Gasteiger partial charge in [0.1, 0.15) is 0 Å². The minimum absolute atomic E-state index is 0.100. The maximum atomic E-state index is 11.9. The summed E-state index contributed by atoms with van der Waals surface area (Å²) in [5.74, 6) is 2.74. The SMILES string of the molecule is C[C@@]12CCC[C@H]1[C@@H]1C[C@H](Cl)C3=CC(=O)CC[C@]3(C)[C@H]1CC2. The first-order valence-corrected chi connectivity index (χ1v) is 9.27. The smallest absolute Gasteiger partial charge is 0.155 e. The lowest BCUT2D eigenvalue weighted by molar-refractivity contribution is -0.117. The molecule has 4 aliphatic carbocycles. The van der Waals surface area contributed by atoms with Crippen LogP contribution in [0.5, 0.6) is 0 Å². The molecular weight excluding hydrogens is 280 g/mol. The van der Waals surface area contributed by atoms with Crippen molar-refractivity contribution in [2.75, 3.05) is 0 Å². The Morgan fingerprint density at radius 2 is 1.95 bits per heavy atom. The second-order valence-corrected chi connectivity index (χ2v) is 9.18. The Bertz CT molecular complexity index is 510. The first kappa shape index (κ1) is 14.3. The molecule has 0 bridgehead atoms. The van der Waals surface area contributed by atoms with Gasteiger partial charge in [-0.25, -0.2) is 0 Å². The van der Waals surface area contributed by atoms with Crippen LogP contribution in [0.2, 0.25) is 0 Å².